The zero-order valence-electron chi connectivity index (χ0n) is 21.1. The highest BCUT2D eigenvalue weighted by Crippen LogP contribution is 2.52. The molecule has 194 valence electrons. The lowest BCUT2D eigenvalue weighted by molar-refractivity contribution is -0.153. The third-order valence-electron chi connectivity index (χ3n) is 6.63. The Morgan fingerprint density at radius 1 is 1.05 bits per heavy atom. The molecule has 0 bridgehead atoms. The van der Waals surface area contributed by atoms with E-state index in [0.29, 0.717) is 27.5 Å². The molecule has 1 aliphatic rings. The minimum absolute atomic E-state index is 0.149. The van der Waals surface area contributed by atoms with E-state index in [2.05, 4.69) is 5.32 Å². The van der Waals surface area contributed by atoms with Crippen LogP contribution in [0.2, 0.25) is 0 Å². The quantitative estimate of drug-likeness (QED) is 0.304. The lowest BCUT2D eigenvalue weighted by Gasteiger charge is -2.46. The van der Waals surface area contributed by atoms with Gasteiger partial charge in [0.15, 0.2) is 16.9 Å². The van der Waals surface area contributed by atoms with E-state index in [1.807, 2.05) is 37.3 Å². The van der Waals surface area contributed by atoms with Crippen LogP contribution in [0, 0.1) is 0 Å². The molecule has 2 heterocycles. The average molecular weight is 523 g/mol. The van der Waals surface area contributed by atoms with Crippen molar-refractivity contribution in [2.24, 2.45) is 0 Å². The number of aromatic nitrogens is 1. The summed E-state index contributed by atoms with van der Waals surface area (Å²) in [5, 5.41) is 25.3. The van der Waals surface area contributed by atoms with Gasteiger partial charge >= 0.3 is 11.9 Å². The molecule has 3 atom stereocenters. The minimum Gasteiger partial charge on any atom is -0.504 e. The number of nitrogens with one attached hydrogen (secondary N) is 1. The largest absolute Gasteiger partial charge is 0.504 e. The van der Waals surface area contributed by atoms with Crippen LogP contribution in [-0.4, -0.2) is 46.4 Å². The van der Waals surface area contributed by atoms with Crippen molar-refractivity contribution in [1.29, 1.82) is 0 Å². The number of hydrogen-bond acceptors (Lipinski definition) is 9. The van der Waals surface area contributed by atoms with E-state index in [4.69, 9.17) is 14.5 Å². The molecule has 0 aliphatic carbocycles. The second-order valence-electron chi connectivity index (χ2n) is 8.80. The van der Waals surface area contributed by atoms with Crippen LogP contribution in [0.25, 0.3) is 11.3 Å². The topological polar surface area (TPSA) is 118 Å². The van der Waals surface area contributed by atoms with Gasteiger partial charge in [0.25, 0.3) is 0 Å². The summed E-state index contributed by atoms with van der Waals surface area (Å²) in [5.41, 5.74) is 1.41. The van der Waals surface area contributed by atoms with Crippen molar-refractivity contribution in [2.75, 3.05) is 13.2 Å². The Bertz CT molecular complexity index is 1340. The summed E-state index contributed by atoms with van der Waals surface area (Å²) in [5.74, 6) is -2.27. The van der Waals surface area contributed by atoms with Crippen molar-refractivity contribution in [1.82, 2.24) is 10.3 Å². The van der Waals surface area contributed by atoms with E-state index >= 15 is 0 Å². The summed E-state index contributed by atoms with van der Waals surface area (Å²) in [6, 6.07) is 13.3. The Morgan fingerprint density at radius 2 is 1.76 bits per heavy atom. The molecule has 9 heteroatoms. The van der Waals surface area contributed by atoms with E-state index < -0.39 is 29.3 Å². The zero-order chi connectivity index (χ0) is 26.7. The fourth-order valence-corrected chi connectivity index (χ4v) is 6.12. The standard InChI is InChI=1S/C28H30N2O6S/c1-5-35-25(33)23-16(3)29-17(4)28(27(34)36-6-2,24(23)18-10-8-7-9-11-18)26-30-20(15-37-26)19-12-13-21(31)22(32)14-19/h7-15,17,24,29,31-32H,5-6H2,1-4H3. The van der Waals surface area contributed by atoms with Crippen LogP contribution in [-0.2, 0) is 24.5 Å². The monoisotopic (exact) mass is 522 g/mol. The SMILES string of the molecule is CCOC(=O)C1=C(C)NC(C)C(C(=O)OCC)(c2nc(-c3ccc(O)c(O)c3)cs2)C1c1ccccc1. The highest BCUT2D eigenvalue weighted by molar-refractivity contribution is 7.10. The molecule has 0 radical (unpaired) electrons. The van der Waals surface area contributed by atoms with Gasteiger partial charge in [-0.25, -0.2) is 9.78 Å². The Balaban J connectivity index is 2.00. The Morgan fingerprint density at radius 3 is 2.41 bits per heavy atom. The number of phenolic OH excluding ortho intramolecular Hbond substituents is 2. The molecular weight excluding hydrogens is 492 g/mol. The summed E-state index contributed by atoms with van der Waals surface area (Å²) in [6.45, 7) is 7.50. The third kappa shape index (κ3) is 4.55. The van der Waals surface area contributed by atoms with Crippen LogP contribution in [0.3, 0.4) is 0 Å². The van der Waals surface area contributed by atoms with E-state index in [1.165, 1.54) is 23.5 Å². The number of ether oxygens (including phenoxy) is 2. The van der Waals surface area contributed by atoms with Crippen LogP contribution in [0.4, 0.5) is 0 Å². The lowest BCUT2D eigenvalue weighted by Crippen LogP contribution is -2.60. The Labute approximate surface area is 219 Å². The first-order chi connectivity index (χ1) is 17.7. The van der Waals surface area contributed by atoms with Gasteiger partial charge < -0.3 is 25.0 Å². The van der Waals surface area contributed by atoms with Gasteiger partial charge in [0.2, 0.25) is 0 Å². The predicted molar refractivity (Wildman–Crippen MR) is 140 cm³/mol. The number of thiazole rings is 1. The fraction of sp³-hybridized carbons (Fsp3) is 0.321. The average Bonchev–Trinajstić information content (AvgIpc) is 3.36. The van der Waals surface area contributed by atoms with Crippen LogP contribution in [0.15, 0.2) is 65.2 Å². The first-order valence-corrected chi connectivity index (χ1v) is 13.0. The number of hydrogen-bond donors (Lipinski definition) is 3. The maximum atomic E-state index is 14.0. The molecule has 0 fully saturated rings. The maximum Gasteiger partial charge on any atom is 0.336 e. The molecule has 1 aliphatic heterocycles. The molecule has 3 unspecified atom stereocenters. The van der Waals surface area contributed by atoms with Gasteiger partial charge in [0, 0.05) is 28.6 Å². The van der Waals surface area contributed by atoms with E-state index in [-0.39, 0.29) is 24.7 Å². The molecule has 8 nitrogen and oxygen atoms in total. The van der Waals surface area contributed by atoms with Crippen LogP contribution in [0.5, 0.6) is 11.5 Å². The first-order valence-electron chi connectivity index (χ1n) is 12.1. The van der Waals surface area contributed by atoms with Crippen LogP contribution >= 0.6 is 11.3 Å². The fourth-order valence-electron chi connectivity index (χ4n) is 4.99. The van der Waals surface area contributed by atoms with Crippen molar-refractivity contribution in [3.8, 4) is 22.8 Å². The van der Waals surface area contributed by atoms with Gasteiger partial charge in [-0.15, -0.1) is 11.3 Å². The number of carbonyl (C=O) groups excluding carboxylic acids is 2. The second kappa shape index (κ2) is 10.6. The number of phenols is 2. The molecule has 0 saturated carbocycles. The normalized spacial score (nSPS) is 21.3. The summed E-state index contributed by atoms with van der Waals surface area (Å²) in [6.07, 6.45) is 0. The predicted octanol–water partition coefficient (Wildman–Crippen LogP) is 4.63. The van der Waals surface area contributed by atoms with Gasteiger partial charge in [0.1, 0.15) is 5.01 Å². The Kier molecular flexibility index (Phi) is 7.54. The van der Waals surface area contributed by atoms with E-state index in [0.717, 1.165) is 5.56 Å². The van der Waals surface area contributed by atoms with Crippen molar-refractivity contribution in [3.05, 3.63) is 75.8 Å². The maximum absolute atomic E-state index is 14.0. The van der Waals surface area contributed by atoms with Crippen molar-refractivity contribution in [2.45, 2.75) is 45.1 Å². The van der Waals surface area contributed by atoms with E-state index in [1.54, 1.807) is 32.2 Å². The summed E-state index contributed by atoms with van der Waals surface area (Å²) in [4.78, 5) is 32.3. The van der Waals surface area contributed by atoms with Gasteiger partial charge in [-0.3, -0.25) is 4.79 Å². The van der Waals surface area contributed by atoms with Gasteiger partial charge in [-0.2, -0.15) is 0 Å². The van der Waals surface area contributed by atoms with Crippen LogP contribution in [0.1, 0.15) is 44.2 Å². The molecule has 0 spiro atoms. The number of allylic oxidation sites excluding steroid dienone is 1. The summed E-state index contributed by atoms with van der Waals surface area (Å²) in [7, 11) is 0. The molecule has 1 aromatic heterocycles. The van der Waals surface area contributed by atoms with Crippen molar-refractivity contribution in [3.63, 3.8) is 0 Å². The van der Waals surface area contributed by atoms with Crippen LogP contribution < -0.4 is 5.32 Å². The first kappa shape index (κ1) is 26.2. The highest BCUT2D eigenvalue weighted by Gasteiger charge is 2.60. The van der Waals surface area contributed by atoms with Gasteiger partial charge in [-0.1, -0.05) is 30.3 Å². The lowest BCUT2D eigenvalue weighted by atomic mass is 9.62. The molecule has 0 saturated heterocycles. The third-order valence-corrected chi connectivity index (χ3v) is 7.63. The zero-order valence-corrected chi connectivity index (χ0v) is 22.0. The number of rotatable bonds is 7. The number of aromatic hydroxyl groups is 2. The number of esters is 2. The molecular formula is C28H30N2O6S. The molecule has 3 aromatic rings. The minimum atomic E-state index is -1.40. The molecule has 3 N–H and O–H groups in total. The molecule has 0 amide bonds. The second-order valence-corrected chi connectivity index (χ2v) is 9.66. The van der Waals surface area contributed by atoms with Crippen molar-refractivity contribution >= 4 is 23.3 Å². The molecule has 4 rings (SSSR count). The summed E-state index contributed by atoms with van der Waals surface area (Å²) >= 11 is 1.27. The summed E-state index contributed by atoms with van der Waals surface area (Å²) < 4.78 is 11.1. The number of carbonyl (C=O) groups is 2. The molecule has 37 heavy (non-hydrogen) atoms. The molecule has 2 aromatic carbocycles. The highest BCUT2D eigenvalue weighted by atomic mass is 32.1. The van der Waals surface area contributed by atoms with Gasteiger partial charge in [-0.05, 0) is 51.5 Å². The number of benzene rings is 2. The smallest absolute Gasteiger partial charge is 0.336 e. The Hall–Kier alpha value is -3.85. The van der Waals surface area contributed by atoms with Crippen molar-refractivity contribution < 1.29 is 29.3 Å². The number of nitrogens with zero attached hydrogens (tertiary/aromatic N) is 1. The van der Waals surface area contributed by atoms with Gasteiger partial charge in [0.05, 0.1) is 24.5 Å². The van der Waals surface area contributed by atoms with E-state index in [9.17, 15) is 19.8 Å².